The molecule has 0 saturated heterocycles. The summed E-state index contributed by atoms with van der Waals surface area (Å²) in [7, 11) is 1.65. The van der Waals surface area contributed by atoms with Crippen molar-refractivity contribution in [2.24, 2.45) is 0 Å². The molecule has 0 fully saturated rings. The monoisotopic (exact) mass is 229 g/mol. The molecular weight excluding hydrogens is 213 g/mol. The molecule has 0 radical (unpaired) electrons. The molecular formula is C11H16FNOS. The van der Waals surface area contributed by atoms with Crippen molar-refractivity contribution in [3.63, 3.8) is 0 Å². The molecule has 0 aromatic heterocycles. The number of hydrogen-bond donors (Lipinski definition) is 1. The summed E-state index contributed by atoms with van der Waals surface area (Å²) in [6.07, 6.45) is 1.86. The summed E-state index contributed by atoms with van der Waals surface area (Å²) in [4.78, 5) is 0.667. The summed E-state index contributed by atoms with van der Waals surface area (Å²) in [5.41, 5.74) is 0.787. The fourth-order valence-corrected chi connectivity index (χ4v) is 1.79. The van der Waals surface area contributed by atoms with Crippen LogP contribution in [-0.4, -0.2) is 26.0 Å². The van der Waals surface area contributed by atoms with Gasteiger partial charge >= 0.3 is 0 Å². The molecule has 0 aliphatic carbocycles. The number of thioether (sulfide) groups is 1. The molecule has 1 unspecified atom stereocenters. The molecule has 0 amide bonds. The SMILES string of the molecule is COCC(C)Nc1ccc(SC)c(F)c1. The zero-order chi connectivity index (χ0) is 11.3. The molecule has 0 aliphatic rings. The standard InChI is InChI=1S/C11H16FNOS/c1-8(7-14-2)13-9-4-5-11(15-3)10(12)6-9/h4-6,8,13H,7H2,1-3H3. The highest BCUT2D eigenvalue weighted by Crippen LogP contribution is 2.22. The van der Waals surface area contributed by atoms with Crippen molar-refractivity contribution in [2.45, 2.75) is 17.9 Å². The van der Waals surface area contributed by atoms with Crippen LogP contribution in [0, 0.1) is 5.82 Å². The lowest BCUT2D eigenvalue weighted by Gasteiger charge is -2.14. The Balaban J connectivity index is 2.66. The van der Waals surface area contributed by atoms with E-state index in [1.807, 2.05) is 19.2 Å². The Morgan fingerprint density at radius 3 is 2.80 bits per heavy atom. The summed E-state index contributed by atoms with van der Waals surface area (Å²) in [6, 6.07) is 5.34. The minimum atomic E-state index is -0.183. The van der Waals surface area contributed by atoms with Crippen LogP contribution in [0.1, 0.15) is 6.92 Å². The van der Waals surface area contributed by atoms with Gasteiger partial charge in [0.2, 0.25) is 0 Å². The fourth-order valence-electron chi connectivity index (χ4n) is 1.33. The maximum atomic E-state index is 13.4. The van der Waals surface area contributed by atoms with E-state index in [1.54, 1.807) is 13.2 Å². The number of ether oxygens (including phenoxy) is 1. The molecule has 1 atom stereocenters. The van der Waals surface area contributed by atoms with Gasteiger partial charge in [-0.25, -0.2) is 4.39 Å². The minimum absolute atomic E-state index is 0.175. The Labute approximate surface area is 94.2 Å². The third kappa shape index (κ3) is 3.72. The van der Waals surface area contributed by atoms with Crippen LogP contribution in [0.4, 0.5) is 10.1 Å². The van der Waals surface area contributed by atoms with Gasteiger partial charge in [0.15, 0.2) is 0 Å². The van der Waals surface area contributed by atoms with E-state index in [-0.39, 0.29) is 11.9 Å². The van der Waals surface area contributed by atoms with Crippen molar-refractivity contribution >= 4 is 17.4 Å². The molecule has 1 aromatic rings. The summed E-state index contributed by atoms with van der Waals surface area (Å²) in [5, 5.41) is 3.16. The zero-order valence-electron chi connectivity index (χ0n) is 9.21. The van der Waals surface area contributed by atoms with Crippen molar-refractivity contribution in [3.05, 3.63) is 24.0 Å². The van der Waals surface area contributed by atoms with Crippen molar-refractivity contribution in [1.29, 1.82) is 0 Å². The molecule has 0 bridgehead atoms. The Hall–Kier alpha value is -0.740. The largest absolute Gasteiger partial charge is 0.383 e. The van der Waals surface area contributed by atoms with E-state index in [9.17, 15) is 4.39 Å². The highest BCUT2D eigenvalue weighted by molar-refractivity contribution is 7.98. The van der Waals surface area contributed by atoms with Crippen LogP contribution in [0.2, 0.25) is 0 Å². The average molecular weight is 229 g/mol. The zero-order valence-corrected chi connectivity index (χ0v) is 10.0. The maximum Gasteiger partial charge on any atom is 0.138 e. The molecule has 1 rings (SSSR count). The smallest absolute Gasteiger partial charge is 0.138 e. The molecule has 0 spiro atoms. The van der Waals surface area contributed by atoms with Gasteiger partial charge in [0.1, 0.15) is 5.82 Å². The normalized spacial score (nSPS) is 12.5. The summed E-state index contributed by atoms with van der Waals surface area (Å²) >= 11 is 1.41. The Kier molecular flexibility index (Phi) is 4.91. The minimum Gasteiger partial charge on any atom is -0.383 e. The van der Waals surface area contributed by atoms with Crippen LogP contribution in [0.3, 0.4) is 0 Å². The number of benzene rings is 1. The van der Waals surface area contributed by atoms with E-state index in [1.165, 1.54) is 17.8 Å². The first-order chi connectivity index (χ1) is 7.17. The molecule has 84 valence electrons. The quantitative estimate of drug-likeness (QED) is 0.784. The molecule has 0 heterocycles. The van der Waals surface area contributed by atoms with Gasteiger partial charge in [0, 0.05) is 23.7 Å². The topological polar surface area (TPSA) is 21.3 Å². The summed E-state index contributed by atoms with van der Waals surface area (Å²) in [6.45, 7) is 2.59. The van der Waals surface area contributed by atoms with E-state index in [2.05, 4.69) is 5.32 Å². The molecule has 4 heteroatoms. The first-order valence-electron chi connectivity index (χ1n) is 4.76. The van der Waals surface area contributed by atoms with Gasteiger partial charge < -0.3 is 10.1 Å². The lowest BCUT2D eigenvalue weighted by molar-refractivity contribution is 0.190. The lowest BCUT2D eigenvalue weighted by atomic mass is 10.2. The third-order valence-corrected chi connectivity index (χ3v) is 2.75. The van der Waals surface area contributed by atoms with E-state index >= 15 is 0 Å². The van der Waals surface area contributed by atoms with Crippen LogP contribution in [0.5, 0.6) is 0 Å². The summed E-state index contributed by atoms with van der Waals surface area (Å²) < 4.78 is 18.4. The number of halogens is 1. The second-order valence-corrected chi connectivity index (χ2v) is 4.20. The molecule has 0 aliphatic heterocycles. The third-order valence-electron chi connectivity index (χ3n) is 1.98. The van der Waals surface area contributed by atoms with Crippen LogP contribution < -0.4 is 5.32 Å². The Bertz CT molecular complexity index is 319. The van der Waals surface area contributed by atoms with Crippen LogP contribution in [0.15, 0.2) is 23.1 Å². The van der Waals surface area contributed by atoms with Crippen molar-refractivity contribution in [3.8, 4) is 0 Å². The van der Waals surface area contributed by atoms with Crippen LogP contribution >= 0.6 is 11.8 Å². The van der Waals surface area contributed by atoms with Crippen molar-refractivity contribution in [1.82, 2.24) is 0 Å². The number of methoxy groups -OCH3 is 1. The van der Waals surface area contributed by atoms with Crippen LogP contribution in [-0.2, 0) is 4.74 Å². The maximum absolute atomic E-state index is 13.4. The predicted molar refractivity (Wildman–Crippen MR) is 63.1 cm³/mol. The van der Waals surface area contributed by atoms with Gasteiger partial charge in [0.25, 0.3) is 0 Å². The second kappa shape index (κ2) is 5.98. The fraction of sp³-hybridized carbons (Fsp3) is 0.455. The first-order valence-corrected chi connectivity index (χ1v) is 5.99. The van der Waals surface area contributed by atoms with Crippen molar-refractivity contribution in [2.75, 3.05) is 25.3 Å². The van der Waals surface area contributed by atoms with Gasteiger partial charge in [0.05, 0.1) is 6.61 Å². The van der Waals surface area contributed by atoms with E-state index < -0.39 is 0 Å². The molecule has 2 nitrogen and oxygen atoms in total. The van der Waals surface area contributed by atoms with Gasteiger partial charge in [-0.3, -0.25) is 0 Å². The molecule has 0 saturated carbocycles. The lowest BCUT2D eigenvalue weighted by Crippen LogP contribution is -2.20. The Morgan fingerprint density at radius 1 is 1.53 bits per heavy atom. The van der Waals surface area contributed by atoms with E-state index in [4.69, 9.17) is 4.74 Å². The highest BCUT2D eigenvalue weighted by Gasteiger charge is 2.04. The van der Waals surface area contributed by atoms with Gasteiger partial charge in [-0.1, -0.05) is 0 Å². The van der Waals surface area contributed by atoms with Crippen LogP contribution in [0.25, 0.3) is 0 Å². The molecule has 1 N–H and O–H groups in total. The number of nitrogens with one attached hydrogen (secondary N) is 1. The summed E-state index contributed by atoms with van der Waals surface area (Å²) in [5.74, 6) is -0.183. The number of hydrogen-bond acceptors (Lipinski definition) is 3. The van der Waals surface area contributed by atoms with E-state index in [0.717, 1.165) is 5.69 Å². The molecule has 15 heavy (non-hydrogen) atoms. The van der Waals surface area contributed by atoms with Gasteiger partial charge in [-0.05, 0) is 31.4 Å². The highest BCUT2D eigenvalue weighted by atomic mass is 32.2. The Morgan fingerprint density at radius 2 is 2.27 bits per heavy atom. The predicted octanol–water partition coefficient (Wildman–Crippen LogP) is 2.99. The first kappa shape index (κ1) is 12.3. The van der Waals surface area contributed by atoms with E-state index in [0.29, 0.717) is 11.5 Å². The number of rotatable bonds is 5. The second-order valence-electron chi connectivity index (χ2n) is 3.35. The van der Waals surface area contributed by atoms with Gasteiger partial charge in [-0.2, -0.15) is 0 Å². The van der Waals surface area contributed by atoms with Crippen molar-refractivity contribution < 1.29 is 9.13 Å². The molecule has 1 aromatic carbocycles. The number of anilines is 1. The van der Waals surface area contributed by atoms with Gasteiger partial charge in [-0.15, -0.1) is 11.8 Å². The average Bonchev–Trinajstić information content (AvgIpc) is 2.18.